The number of alkyl halides is 3. The summed E-state index contributed by atoms with van der Waals surface area (Å²) >= 11 is 0. The maximum Gasteiger partial charge on any atom is 0.491 e. The molecule has 44 heavy (non-hydrogen) atoms. The van der Waals surface area contributed by atoms with Crippen LogP contribution in [0.4, 0.5) is 17.6 Å². The van der Waals surface area contributed by atoms with Gasteiger partial charge in [0.05, 0.1) is 26.3 Å². The van der Waals surface area contributed by atoms with Crippen molar-refractivity contribution in [1.82, 2.24) is 9.80 Å². The van der Waals surface area contributed by atoms with Gasteiger partial charge in [0.1, 0.15) is 18.1 Å². The lowest BCUT2D eigenvalue weighted by molar-refractivity contribution is -0.202. The molecule has 0 saturated heterocycles. The first-order chi connectivity index (χ1) is 20.3. The van der Waals surface area contributed by atoms with Crippen molar-refractivity contribution in [3.63, 3.8) is 0 Å². The molecule has 0 aliphatic carbocycles. The highest BCUT2D eigenvalue weighted by atomic mass is 19.4. The number of esters is 2. The average Bonchev–Trinajstić information content (AvgIpc) is 3.22. The molecule has 1 heterocycles. The molecule has 3 rings (SSSR count). The number of ether oxygens (including phenoxy) is 3. The highest BCUT2D eigenvalue weighted by molar-refractivity contribution is 6.06. The standard InChI is InChI=1S/C29H31F4N3O8/c1-14(37)35(13-21(39)44-27(41)29(31,32)33)11-17-7-15(8-18(24(17)40)28(2,3)4)19(38)12-36-10-16-9-20(42-5)25(43-6)23(30)22(16)26(36)34/h7-9,34,40H,10-13H2,1-6H3. The molecule has 0 spiro atoms. The molecule has 1 amide bonds. The van der Waals surface area contributed by atoms with Crippen LogP contribution in [0.2, 0.25) is 0 Å². The van der Waals surface area contributed by atoms with Gasteiger partial charge in [0, 0.05) is 36.7 Å². The zero-order chi connectivity index (χ0) is 33.3. The Hall–Kier alpha value is -4.69. The molecule has 1 aliphatic heterocycles. The molecule has 0 radical (unpaired) electrons. The molecule has 2 N–H and O–H groups in total. The minimum atomic E-state index is -5.43. The lowest BCUT2D eigenvalue weighted by Gasteiger charge is -2.26. The fraction of sp³-hybridized carbons (Fsp3) is 0.414. The third kappa shape index (κ3) is 7.09. The van der Waals surface area contributed by atoms with Crippen molar-refractivity contribution in [1.29, 1.82) is 5.41 Å². The summed E-state index contributed by atoms with van der Waals surface area (Å²) in [5.74, 6) is -7.24. The quantitative estimate of drug-likeness (QED) is 0.184. The number of amidine groups is 1. The van der Waals surface area contributed by atoms with E-state index >= 15 is 4.39 Å². The largest absolute Gasteiger partial charge is 0.507 e. The molecule has 0 unspecified atom stereocenters. The van der Waals surface area contributed by atoms with E-state index in [1.807, 2.05) is 0 Å². The molecule has 1 aliphatic rings. The Balaban J connectivity index is 1.92. The van der Waals surface area contributed by atoms with Crippen molar-refractivity contribution >= 4 is 29.5 Å². The van der Waals surface area contributed by atoms with Gasteiger partial charge in [-0.3, -0.25) is 15.0 Å². The number of rotatable bonds is 9. The van der Waals surface area contributed by atoms with Crippen molar-refractivity contribution < 1.29 is 56.1 Å². The number of amides is 1. The number of hydrogen-bond acceptors (Lipinski definition) is 9. The Labute approximate surface area is 249 Å². The minimum Gasteiger partial charge on any atom is -0.507 e. The fourth-order valence-electron chi connectivity index (χ4n) is 4.60. The first kappa shape index (κ1) is 33.8. The van der Waals surface area contributed by atoms with Gasteiger partial charge in [0.25, 0.3) is 0 Å². The number of phenolic OH excluding ortho intramolecular Hbond substituents is 1. The third-order valence-electron chi connectivity index (χ3n) is 6.83. The third-order valence-corrected chi connectivity index (χ3v) is 6.83. The average molecular weight is 626 g/mol. The highest BCUT2D eigenvalue weighted by Crippen LogP contribution is 2.39. The lowest BCUT2D eigenvalue weighted by atomic mass is 9.83. The molecule has 0 saturated carbocycles. The number of nitrogens with zero attached hydrogens (tertiary/aromatic N) is 2. The maximum atomic E-state index is 15.2. The van der Waals surface area contributed by atoms with Gasteiger partial charge in [0.15, 0.2) is 23.1 Å². The molecule has 15 heteroatoms. The number of halogens is 4. The van der Waals surface area contributed by atoms with Crippen molar-refractivity contribution in [3.05, 3.63) is 51.8 Å². The lowest BCUT2D eigenvalue weighted by Crippen LogP contribution is -2.37. The smallest absolute Gasteiger partial charge is 0.491 e. The Morgan fingerprint density at radius 3 is 2.23 bits per heavy atom. The topological polar surface area (TPSA) is 147 Å². The van der Waals surface area contributed by atoms with Gasteiger partial charge in [0.2, 0.25) is 5.91 Å². The molecule has 0 aromatic heterocycles. The number of carbonyl (C=O) groups excluding carboxylic acids is 4. The predicted octanol–water partition coefficient (Wildman–Crippen LogP) is 3.85. The molecule has 0 bridgehead atoms. The number of methoxy groups -OCH3 is 2. The first-order valence-corrected chi connectivity index (χ1v) is 13.0. The number of fused-ring (bicyclic) bond motifs is 1. The zero-order valence-corrected chi connectivity index (χ0v) is 24.8. The van der Waals surface area contributed by atoms with Crippen LogP contribution in [0, 0.1) is 11.2 Å². The first-order valence-electron chi connectivity index (χ1n) is 13.0. The number of phenols is 1. The van der Waals surface area contributed by atoms with E-state index in [9.17, 15) is 37.5 Å². The molecule has 238 valence electrons. The second-order valence-electron chi connectivity index (χ2n) is 11.0. The molecular weight excluding hydrogens is 594 g/mol. The number of aromatic hydroxyl groups is 1. The Morgan fingerprint density at radius 1 is 1.07 bits per heavy atom. The van der Waals surface area contributed by atoms with Crippen molar-refractivity contribution in [2.24, 2.45) is 0 Å². The molecule has 2 aromatic carbocycles. The fourth-order valence-corrected chi connectivity index (χ4v) is 4.60. The van der Waals surface area contributed by atoms with Crippen LogP contribution in [0.5, 0.6) is 17.2 Å². The monoisotopic (exact) mass is 625 g/mol. The minimum absolute atomic E-state index is 0.00508. The number of carbonyl (C=O) groups is 4. The van der Waals surface area contributed by atoms with E-state index in [1.165, 1.54) is 37.3 Å². The van der Waals surface area contributed by atoms with Gasteiger partial charge in [-0.05, 0) is 29.2 Å². The van der Waals surface area contributed by atoms with Crippen LogP contribution in [0.1, 0.15) is 60.3 Å². The molecule has 2 aromatic rings. The number of Topliss-reactive ketones (excluding diaryl/α,β-unsaturated/α-hetero) is 1. The van der Waals surface area contributed by atoms with Gasteiger partial charge in [-0.1, -0.05) is 20.8 Å². The van der Waals surface area contributed by atoms with Crippen LogP contribution in [-0.2, 0) is 37.6 Å². The van der Waals surface area contributed by atoms with Gasteiger partial charge in [-0.2, -0.15) is 13.2 Å². The van der Waals surface area contributed by atoms with Crippen molar-refractivity contribution in [2.45, 2.75) is 52.4 Å². The van der Waals surface area contributed by atoms with E-state index < -0.39 is 54.1 Å². The van der Waals surface area contributed by atoms with Gasteiger partial charge in [-0.25, -0.2) is 14.0 Å². The van der Waals surface area contributed by atoms with E-state index in [4.69, 9.17) is 14.9 Å². The highest BCUT2D eigenvalue weighted by Gasteiger charge is 2.42. The van der Waals surface area contributed by atoms with Crippen LogP contribution in [0.25, 0.3) is 0 Å². The van der Waals surface area contributed by atoms with E-state index in [2.05, 4.69) is 4.74 Å². The second-order valence-corrected chi connectivity index (χ2v) is 11.0. The summed E-state index contributed by atoms with van der Waals surface area (Å²) in [6.07, 6.45) is -5.43. The van der Waals surface area contributed by atoms with E-state index in [1.54, 1.807) is 20.8 Å². The van der Waals surface area contributed by atoms with Crippen molar-refractivity contribution in [3.8, 4) is 17.2 Å². The zero-order valence-electron chi connectivity index (χ0n) is 24.8. The summed E-state index contributed by atoms with van der Waals surface area (Å²) in [7, 11) is 2.58. The molecule has 11 nitrogen and oxygen atoms in total. The predicted molar refractivity (Wildman–Crippen MR) is 146 cm³/mol. The van der Waals surface area contributed by atoms with Crippen LogP contribution < -0.4 is 9.47 Å². The Bertz CT molecular complexity index is 1530. The second kappa shape index (κ2) is 12.5. The van der Waals surface area contributed by atoms with Gasteiger partial charge < -0.3 is 29.1 Å². The van der Waals surface area contributed by atoms with Crippen LogP contribution in [-0.4, -0.2) is 77.9 Å². The number of benzene rings is 2. The summed E-state index contributed by atoms with van der Waals surface area (Å²) < 4.78 is 66.7. The summed E-state index contributed by atoms with van der Waals surface area (Å²) in [6.45, 7) is 4.25. The SMILES string of the molecule is COc1cc2c(c(F)c1OC)C(=N)N(CC(=O)c1cc(CN(CC(=O)OC(=O)C(F)(F)F)C(C)=O)c(O)c(C(C)(C)C)c1)C2. The summed E-state index contributed by atoms with van der Waals surface area (Å²) in [4.78, 5) is 50.9. The van der Waals surface area contributed by atoms with Crippen LogP contribution in [0.15, 0.2) is 18.2 Å². The van der Waals surface area contributed by atoms with Gasteiger partial charge in [-0.15, -0.1) is 0 Å². The summed E-state index contributed by atoms with van der Waals surface area (Å²) in [6, 6.07) is 4.18. The van der Waals surface area contributed by atoms with Gasteiger partial charge >= 0.3 is 18.1 Å². The van der Waals surface area contributed by atoms with E-state index in [0.717, 1.165) is 11.8 Å². The summed E-state index contributed by atoms with van der Waals surface area (Å²) in [5, 5.41) is 19.6. The summed E-state index contributed by atoms with van der Waals surface area (Å²) in [5.41, 5.74) is -0.109. The number of hydrogen-bond donors (Lipinski definition) is 2. The number of nitrogens with one attached hydrogen (secondary N) is 1. The van der Waals surface area contributed by atoms with Crippen LogP contribution >= 0.6 is 0 Å². The normalized spacial score (nSPS) is 13.0. The molecule has 0 fully saturated rings. The maximum absolute atomic E-state index is 15.2. The number of ketones is 1. The Kier molecular flexibility index (Phi) is 9.61. The molecular formula is C29H31F4N3O8. The Morgan fingerprint density at radius 2 is 1.70 bits per heavy atom. The van der Waals surface area contributed by atoms with Crippen LogP contribution in [0.3, 0.4) is 0 Å². The van der Waals surface area contributed by atoms with Crippen molar-refractivity contribution in [2.75, 3.05) is 27.3 Å². The van der Waals surface area contributed by atoms with E-state index in [0.29, 0.717) is 5.56 Å². The molecule has 0 atom stereocenters. The van der Waals surface area contributed by atoms with E-state index in [-0.39, 0.29) is 58.4 Å².